The largest absolute Gasteiger partial charge is 0.352 e. The van der Waals surface area contributed by atoms with Gasteiger partial charge in [-0.15, -0.1) is 0 Å². The highest BCUT2D eigenvalue weighted by atomic mass is 19.2. The molecule has 0 saturated carbocycles. The lowest BCUT2D eigenvalue weighted by atomic mass is 10.0. The fourth-order valence-corrected chi connectivity index (χ4v) is 2.63. The zero-order valence-corrected chi connectivity index (χ0v) is 14.2. The van der Waals surface area contributed by atoms with E-state index in [4.69, 9.17) is 0 Å². The van der Waals surface area contributed by atoms with Crippen molar-refractivity contribution in [2.24, 2.45) is 7.05 Å². The third-order valence-electron chi connectivity index (χ3n) is 3.98. The second kappa shape index (κ2) is 6.84. The molecule has 2 rings (SSSR count). The first-order chi connectivity index (χ1) is 11.7. The van der Waals surface area contributed by atoms with Gasteiger partial charge in [-0.2, -0.15) is 0 Å². The van der Waals surface area contributed by atoms with E-state index in [0.29, 0.717) is 11.3 Å². The number of benzene rings is 1. The van der Waals surface area contributed by atoms with Crippen LogP contribution >= 0.6 is 0 Å². The number of ketones is 1. The van der Waals surface area contributed by atoms with Crippen LogP contribution in [0, 0.1) is 25.5 Å². The molecular weight excluding hydrogens is 332 g/mol. The van der Waals surface area contributed by atoms with E-state index in [1.54, 1.807) is 20.9 Å². The smallest absolute Gasteiger partial charge is 0.292 e. The number of likely N-dealkylation sites (N-methyl/N-ethyl adjacent to an activating group) is 1. The standard InChI is InChI=1S/C17H17F2N3O3/c1-8-13(15(23)17(25)20-3)9(2)22(4)14(8)16(24)21-10-5-6-11(18)12(19)7-10/h5-7H,1-4H3,(H,20,25)(H,21,24). The van der Waals surface area contributed by atoms with E-state index in [-0.39, 0.29) is 16.9 Å². The van der Waals surface area contributed by atoms with Gasteiger partial charge in [-0.1, -0.05) is 0 Å². The molecular formula is C17H17F2N3O3. The lowest BCUT2D eigenvalue weighted by Gasteiger charge is -2.08. The Morgan fingerprint density at radius 1 is 1.08 bits per heavy atom. The molecule has 0 bridgehead atoms. The van der Waals surface area contributed by atoms with Gasteiger partial charge in [0.1, 0.15) is 5.69 Å². The molecule has 0 aliphatic rings. The number of aromatic nitrogens is 1. The zero-order chi connectivity index (χ0) is 18.9. The molecule has 132 valence electrons. The molecule has 2 amide bonds. The molecule has 1 aromatic carbocycles. The Hall–Kier alpha value is -3.03. The molecule has 0 unspecified atom stereocenters. The van der Waals surface area contributed by atoms with E-state index >= 15 is 0 Å². The number of rotatable bonds is 4. The van der Waals surface area contributed by atoms with Crippen molar-refractivity contribution in [2.75, 3.05) is 12.4 Å². The summed E-state index contributed by atoms with van der Waals surface area (Å²) in [5.41, 5.74) is 1.13. The Kier molecular flexibility index (Phi) is 5.01. The van der Waals surface area contributed by atoms with Gasteiger partial charge in [0.25, 0.3) is 17.6 Å². The number of halogens is 2. The van der Waals surface area contributed by atoms with Crippen molar-refractivity contribution in [3.8, 4) is 0 Å². The number of amides is 2. The molecule has 25 heavy (non-hydrogen) atoms. The van der Waals surface area contributed by atoms with Crippen LogP contribution in [0.15, 0.2) is 18.2 Å². The number of hydrogen-bond donors (Lipinski definition) is 2. The van der Waals surface area contributed by atoms with Gasteiger partial charge in [-0.3, -0.25) is 14.4 Å². The van der Waals surface area contributed by atoms with E-state index in [1.165, 1.54) is 17.7 Å². The molecule has 0 aliphatic carbocycles. The third-order valence-corrected chi connectivity index (χ3v) is 3.98. The van der Waals surface area contributed by atoms with Crippen molar-refractivity contribution in [1.29, 1.82) is 0 Å². The normalized spacial score (nSPS) is 10.5. The van der Waals surface area contributed by atoms with E-state index in [2.05, 4.69) is 10.6 Å². The molecule has 6 nitrogen and oxygen atoms in total. The van der Waals surface area contributed by atoms with E-state index < -0.39 is 29.2 Å². The van der Waals surface area contributed by atoms with Crippen LogP contribution in [0.25, 0.3) is 0 Å². The van der Waals surface area contributed by atoms with Gasteiger partial charge in [0.15, 0.2) is 11.6 Å². The second-order valence-electron chi connectivity index (χ2n) is 5.48. The number of Topliss-reactive ketones (excluding diaryl/α,β-unsaturated/α-hetero) is 1. The maximum Gasteiger partial charge on any atom is 0.292 e. The fraction of sp³-hybridized carbons (Fsp3) is 0.235. The van der Waals surface area contributed by atoms with E-state index in [9.17, 15) is 23.2 Å². The highest BCUT2D eigenvalue weighted by Crippen LogP contribution is 2.23. The quantitative estimate of drug-likeness (QED) is 0.655. The summed E-state index contributed by atoms with van der Waals surface area (Å²) in [4.78, 5) is 36.3. The summed E-state index contributed by atoms with van der Waals surface area (Å²) in [6.07, 6.45) is 0. The average Bonchev–Trinajstić information content (AvgIpc) is 2.79. The van der Waals surface area contributed by atoms with Crippen LogP contribution in [0.3, 0.4) is 0 Å². The molecule has 0 spiro atoms. The molecule has 0 aliphatic heterocycles. The summed E-state index contributed by atoms with van der Waals surface area (Å²) in [5.74, 6) is -4.26. The molecule has 0 radical (unpaired) electrons. The number of carbonyl (C=O) groups is 3. The summed E-state index contributed by atoms with van der Waals surface area (Å²) in [6.45, 7) is 3.15. The van der Waals surface area contributed by atoms with Crippen LogP contribution in [0.4, 0.5) is 14.5 Å². The summed E-state index contributed by atoms with van der Waals surface area (Å²) in [7, 11) is 2.91. The average molecular weight is 349 g/mol. The predicted molar refractivity (Wildman–Crippen MR) is 87.6 cm³/mol. The highest BCUT2D eigenvalue weighted by Gasteiger charge is 2.28. The molecule has 0 saturated heterocycles. The van der Waals surface area contributed by atoms with Gasteiger partial charge in [-0.25, -0.2) is 8.78 Å². The minimum absolute atomic E-state index is 0.0707. The monoisotopic (exact) mass is 349 g/mol. The third kappa shape index (κ3) is 3.28. The van der Waals surface area contributed by atoms with Crippen LogP contribution in [-0.2, 0) is 11.8 Å². The highest BCUT2D eigenvalue weighted by molar-refractivity contribution is 6.43. The van der Waals surface area contributed by atoms with Gasteiger partial charge in [0.2, 0.25) is 0 Å². The molecule has 1 heterocycles. The van der Waals surface area contributed by atoms with Crippen molar-refractivity contribution < 1.29 is 23.2 Å². The zero-order valence-electron chi connectivity index (χ0n) is 14.2. The number of nitrogens with zero attached hydrogens (tertiary/aromatic N) is 1. The number of nitrogens with one attached hydrogen (secondary N) is 2. The van der Waals surface area contributed by atoms with Gasteiger partial charge in [-0.05, 0) is 31.5 Å². The van der Waals surface area contributed by atoms with Crippen LogP contribution in [-0.4, -0.2) is 29.2 Å². The molecule has 2 N–H and O–H groups in total. The van der Waals surface area contributed by atoms with Crippen molar-refractivity contribution in [2.45, 2.75) is 13.8 Å². The first kappa shape index (κ1) is 18.3. The van der Waals surface area contributed by atoms with E-state index in [1.807, 2.05) is 0 Å². The number of anilines is 1. The number of carbonyl (C=O) groups excluding carboxylic acids is 3. The Morgan fingerprint density at radius 3 is 2.28 bits per heavy atom. The first-order valence-corrected chi connectivity index (χ1v) is 7.37. The van der Waals surface area contributed by atoms with Crippen LogP contribution in [0.5, 0.6) is 0 Å². The van der Waals surface area contributed by atoms with Crippen LogP contribution in [0.1, 0.15) is 32.1 Å². The summed E-state index contributed by atoms with van der Waals surface area (Å²) < 4.78 is 27.7. The summed E-state index contributed by atoms with van der Waals surface area (Å²) in [5, 5.41) is 4.70. The second-order valence-corrected chi connectivity index (χ2v) is 5.48. The fourth-order valence-electron chi connectivity index (χ4n) is 2.63. The Bertz CT molecular complexity index is 888. The van der Waals surface area contributed by atoms with Crippen molar-refractivity contribution in [1.82, 2.24) is 9.88 Å². The Morgan fingerprint density at radius 2 is 1.72 bits per heavy atom. The van der Waals surface area contributed by atoms with Gasteiger partial charge in [0, 0.05) is 31.5 Å². The summed E-state index contributed by atoms with van der Waals surface area (Å²) in [6, 6.07) is 2.97. The molecule has 1 aromatic heterocycles. The predicted octanol–water partition coefficient (Wildman–Crippen LogP) is 2.10. The van der Waals surface area contributed by atoms with Gasteiger partial charge in [0.05, 0.1) is 5.56 Å². The SMILES string of the molecule is CNC(=O)C(=O)c1c(C)c(C(=O)Nc2ccc(F)c(F)c2)n(C)c1C. The van der Waals surface area contributed by atoms with Gasteiger partial charge >= 0.3 is 0 Å². The minimum Gasteiger partial charge on any atom is -0.352 e. The Balaban J connectivity index is 2.42. The summed E-state index contributed by atoms with van der Waals surface area (Å²) >= 11 is 0. The molecule has 2 aromatic rings. The molecule has 0 fully saturated rings. The minimum atomic E-state index is -1.09. The maximum atomic E-state index is 13.3. The van der Waals surface area contributed by atoms with Crippen molar-refractivity contribution in [3.63, 3.8) is 0 Å². The first-order valence-electron chi connectivity index (χ1n) is 7.37. The van der Waals surface area contributed by atoms with Crippen LogP contribution in [0.2, 0.25) is 0 Å². The molecule has 0 atom stereocenters. The maximum absolute atomic E-state index is 13.3. The van der Waals surface area contributed by atoms with Crippen molar-refractivity contribution in [3.05, 3.63) is 52.3 Å². The lowest BCUT2D eigenvalue weighted by molar-refractivity contribution is -0.116. The van der Waals surface area contributed by atoms with Crippen LogP contribution < -0.4 is 10.6 Å². The molecule has 8 heteroatoms. The van der Waals surface area contributed by atoms with Gasteiger partial charge < -0.3 is 15.2 Å². The Labute approximate surface area is 142 Å². The van der Waals surface area contributed by atoms with Crippen molar-refractivity contribution >= 4 is 23.3 Å². The number of hydrogen-bond acceptors (Lipinski definition) is 3. The topological polar surface area (TPSA) is 80.2 Å². The lowest BCUT2D eigenvalue weighted by Crippen LogP contribution is -2.28. The van der Waals surface area contributed by atoms with E-state index in [0.717, 1.165) is 12.1 Å².